The summed E-state index contributed by atoms with van der Waals surface area (Å²) in [5.74, 6) is 0.328. The molecule has 1 unspecified atom stereocenters. The predicted molar refractivity (Wildman–Crippen MR) is 83.0 cm³/mol. The number of likely N-dealkylation sites (tertiary alicyclic amines) is 1. The van der Waals surface area contributed by atoms with Gasteiger partial charge in [0, 0.05) is 32.7 Å². The summed E-state index contributed by atoms with van der Waals surface area (Å²) in [4.78, 5) is 30.8. The van der Waals surface area contributed by atoms with Crippen LogP contribution in [-0.2, 0) is 4.79 Å². The maximum Gasteiger partial charge on any atom is 0.327 e. The van der Waals surface area contributed by atoms with Crippen molar-refractivity contribution in [3.05, 3.63) is 0 Å². The molecule has 0 aromatic heterocycles. The summed E-state index contributed by atoms with van der Waals surface area (Å²) in [6.45, 7) is 10.8. The van der Waals surface area contributed by atoms with E-state index in [2.05, 4.69) is 18.7 Å². The van der Waals surface area contributed by atoms with E-state index < -0.39 is 5.54 Å². The molecule has 0 saturated carbocycles. The van der Waals surface area contributed by atoms with Crippen LogP contribution in [0.1, 0.15) is 47.0 Å². The first-order chi connectivity index (χ1) is 9.83. The molecule has 2 heterocycles. The van der Waals surface area contributed by atoms with Crippen LogP contribution in [0.3, 0.4) is 0 Å². The van der Waals surface area contributed by atoms with Crippen molar-refractivity contribution in [2.75, 3.05) is 26.7 Å². The topological polar surface area (TPSA) is 43.9 Å². The minimum absolute atomic E-state index is 0.0208. The molecule has 0 bridgehead atoms. The maximum atomic E-state index is 12.8. The quantitative estimate of drug-likeness (QED) is 0.747. The third kappa shape index (κ3) is 2.68. The first-order valence-electron chi connectivity index (χ1n) is 8.17. The minimum atomic E-state index is -0.587. The summed E-state index contributed by atoms with van der Waals surface area (Å²) >= 11 is 0. The molecule has 0 radical (unpaired) electrons. The standard InChI is InChI=1S/C16H29N3O2/c1-6-13(4)18-9-7-16(8-10-18)14(20)19(11-12(2)3)15(21)17(16)5/h12-13H,6-11H2,1-5H3. The van der Waals surface area contributed by atoms with Crippen LogP contribution in [0.4, 0.5) is 4.79 Å². The normalized spacial score (nSPS) is 24.5. The zero-order chi connectivity index (χ0) is 15.8. The van der Waals surface area contributed by atoms with E-state index in [0.717, 1.165) is 32.4 Å². The van der Waals surface area contributed by atoms with Crippen molar-refractivity contribution < 1.29 is 9.59 Å². The average molecular weight is 295 g/mol. The van der Waals surface area contributed by atoms with Gasteiger partial charge in [-0.05, 0) is 32.1 Å². The summed E-state index contributed by atoms with van der Waals surface area (Å²) in [5.41, 5.74) is -0.587. The molecule has 0 aromatic carbocycles. The highest BCUT2D eigenvalue weighted by Crippen LogP contribution is 2.37. The molecule has 2 aliphatic heterocycles. The van der Waals surface area contributed by atoms with E-state index in [1.807, 2.05) is 13.8 Å². The van der Waals surface area contributed by atoms with Gasteiger partial charge in [0.15, 0.2) is 0 Å². The molecule has 2 fully saturated rings. The number of carbonyl (C=O) groups excluding carboxylic acids is 2. The van der Waals surface area contributed by atoms with Gasteiger partial charge in [0.1, 0.15) is 5.54 Å². The zero-order valence-corrected chi connectivity index (χ0v) is 14.1. The van der Waals surface area contributed by atoms with Crippen LogP contribution in [0.5, 0.6) is 0 Å². The van der Waals surface area contributed by atoms with Gasteiger partial charge in [-0.2, -0.15) is 0 Å². The Morgan fingerprint density at radius 3 is 2.19 bits per heavy atom. The second kappa shape index (κ2) is 5.95. The van der Waals surface area contributed by atoms with Gasteiger partial charge in [-0.1, -0.05) is 20.8 Å². The summed E-state index contributed by atoms with van der Waals surface area (Å²) in [6, 6.07) is 0.428. The fraction of sp³-hybridized carbons (Fsp3) is 0.875. The molecule has 5 heteroatoms. The molecule has 0 aliphatic carbocycles. The predicted octanol–water partition coefficient (Wildman–Crippen LogP) is 2.17. The maximum absolute atomic E-state index is 12.8. The second-order valence-corrected chi connectivity index (χ2v) is 6.98. The van der Waals surface area contributed by atoms with Crippen molar-refractivity contribution in [2.24, 2.45) is 5.92 Å². The molecule has 1 spiro atoms. The van der Waals surface area contributed by atoms with Crippen LogP contribution in [0, 0.1) is 5.92 Å². The van der Waals surface area contributed by atoms with E-state index in [4.69, 9.17) is 0 Å². The van der Waals surface area contributed by atoms with Crippen molar-refractivity contribution in [1.82, 2.24) is 14.7 Å². The molecular weight excluding hydrogens is 266 g/mol. The third-order valence-electron chi connectivity index (χ3n) is 5.19. The molecule has 0 N–H and O–H groups in total. The van der Waals surface area contributed by atoms with E-state index in [1.54, 1.807) is 11.9 Å². The van der Waals surface area contributed by atoms with Crippen LogP contribution in [0.25, 0.3) is 0 Å². The summed E-state index contributed by atoms with van der Waals surface area (Å²) in [7, 11) is 1.79. The monoisotopic (exact) mass is 295 g/mol. The van der Waals surface area contributed by atoms with Crippen molar-refractivity contribution in [3.63, 3.8) is 0 Å². The fourth-order valence-electron chi connectivity index (χ4n) is 3.51. The number of rotatable bonds is 4. The largest absolute Gasteiger partial charge is 0.327 e. The molecule has 5 nitrogen and oxygen atoms in total. The highest BCUT2D eigenvalue weighted by molar-refractivity contribution is 6.07. The van der Waals surface area contributed by atoms with Crippen LogP contribution >= 0.6 is 0 Å². The third-order valence-corrected chi connectivity index (χ3v) is 5.19. The molecule has 21 heavy (non-hydrogen) atoms. The lowest BCUT2D eigenvalue weighted by Crippen LogP contribution is -2.56. The van der Waals surface area contributed by atoms with Gasteiger partial charge in [-0.15, -0.1) is 0 Å². The zero-order valence-electron chi connectivity index (χ0n) is 14.1. The first kappa shape index (κ1) is 16.3. The summed E-state index contributed by atoms with van der Waals surface area (Å²) in [6.07, 6.45) is 2.63. The fourth-order valence-corrected chi connectivity index (χ4v) is 3.51. The van der Waals surface area contributed by atoms with Gasteiger partial charge in [0.25, 0.3) is 5.91 Å². The molecule has 2 aliphatic rings. The molecule has 2 rings (SSSR count). The van der Waals surface area contributed by atoms with E-state index in [0.29, 0.717) is 18.5 Å². The number of hydrogen-bond acceptors (Lipinski definition) is 3. The van der Waals surface area contributed by atoms with Crippen molar-refractivity contribution in [2.45, 2.75) is 58.5 Å². The number of imide groups is 1. The summed E-state index contributed by atoms with van der Waals surface area (Å²) in [5, 5.41) is 0. The Kier molecular flexibility index (Phi) is 4.61. The first-order valence-corrected chi connectivity index (χ1v) is 8.17. The molecule has 1 atom stereocenters. The van der Waals surface area contributed by atoms with E-state index in [9.17, 15) is 9.59 Å². The Morgan fingerprint density at radius 2 is 1.71 bits per heavy atom. The van der Waals surface area contributed by atoms with Crippen molar-refractivity contribution in [3.8, 4) is 0 Å². The SMILES string of the molecule is CCC(C)N1CCC2(CC1)C(=O)N(CC(C)C)C(=O)N2C. The number of likely N-dealkylation sites (N-methyl/N-ethyl adjacent to an activating group) is 1. The van der Waals surface area contributed by atoms with Gasteiger partial charge < -0.3 is 9.80 Å². The second-order valence-electron chi connectivity index (χ2n) is 6.98. The van der Waals surface area contributed by atoms with Crippen molar-refractivity contribution in [1.29, 1.82) is 0 Å². The number of nitrogens with zero attached hydrogens (tertiary/aromatic N) is 3. The van der Waals surface area contributed by atoms with Gasteiger partial charge in [0.05, 0.1) is 0 Å². The number of urea groups is 1. The molecule has 2 saturated heterocycles. The summed E-state index contributed by atoms with van der Waals surface area (Å²) < 4.78 is 0. The Balaban J connectivity index is 2.13. The number of amides is 3. The molecule has 120 valence electrons. The Labute approximate surface area is 128 Å². The average Bonchev–Trinajstić information content (AvgIpc) is 2.63. The van der Waals surface area contributed by atoms with E-state index in [-0.39, 0.29) is 11.9 Å². The lowest BCUT2D eigenvalue weighted by molar-refractivity contribution is -0.135. The number of hydrogen-bond donors (Lipinski definition) is 0. The Bertz CT molecular complexity index is 414. The van der Waals surface area contributed by atoms with Gasteiger partial charge in [-0.25, -0.2) is 4.79 Å². The smallest absolute Gasteiger partial charge is 0.312 e. The van der Waals surface area contributed by atoms with Crippen LogP contribution < -0.4 is 0 Å². The molecule has 3 amide bonds. The van der Waals surface area contributed by atoms with Crippen LogP contribution in [0.2, 0.25) is 0 Å². The van der Waals surface area contributed by atoms with Gasteiger partial charge >= 0.3 is 6.03 Å². The van der Waals surface area contributed by atoms with E-state index in [1.165, 1.54) is 4.90 Å². The highest BCUT2D eigenvalue weighted by Gasteiger charge is 2.56. The number of carbonyl (C=O) groups is 2. The molecule has 0 aromatic rings. The van der Waals surface area contributed by atoms with Crippen LogP contribution in [-0.4, -0.2) is 64.9 Å². The van der Waals surface area contributed by atoms with Gasteiger partial charge in [0.2, 0.25) is 0 Å². The van der Waals surface area contributed by atoms with Gasteiger partial charge in [-0.3, -0.25) is 9.69 Å². The Morgan fingerprint density at radius 1 is 1.14 bits per heavy atom. The number of piperidine rings is 1. The lowest BCUT2D eigenvalue weighted by atomic mass is 9.85. The Hall–Kier alpha value is -1.10. The molecular formula is C16H29N3O2. The van der Waals surface area contributed by atoms with Crippen LogP contribution in [0.15, 0.2) is 0 Å². The van der Waals surface area contributed by atoms with E-state index >= 15 is 0 Å². The minimum Gasteiger partial charge on any atom is -0.312 e. The van der Waals surface area contributed by atoms with Crippen molar-refractivity contribution >= 4 is 11.9 Å². The lowest BCUT2D eigenvalue weighted by Gasteiger charge is -2.42. The highest BCUT2D eigenvalue weighted by atomic mass is 16.2.